The normalized spacial score (nSPS) is 10.4. The van der Waals surface area contributed by atoms with E-state index in [1.807, 2.05) is 19.1 Å². The molecule has 0 amide bonds. The highest BCUT2D eigenvalue weighted by Gasteiger charge is 2.06. The first-order chi connectivity index (χ1) is 6.16. The first-order valence-electron chi connectivity index (χ1n) is 4.70. The van der Waals surface area contributed by atoms with E-state index in [9.17, 15) is 0 Å². The van der Waals surface area contributed by atoms with Crippen LogP contribution >= 0.6 is 11.6 Å². The number of hydrogen-bond acceptors (Lipinski definition) is 1. The zero-order valence-corrected chi connectivity index (χ0v) is 8.99. The molecule has 1 aromatic rings. The second-order valence-electron chi connectivity index (χ2n) is 3.37. The molecule has 13 heavy (non-hydrogen) atoms. The van der Waals surface area contributed by atoms with Crippen molar-refractivity contribution >= 4 is 17.3 Å². The van der Waals surface area contributed by atoms with E-state index in [1.165, 1.54) is 6.42 Å². The largest absolute Gasteiger partial charge is 0.398 e. The molecular formula is C11H16ClN. The lowest BCUT2D eigenvalue weighted by molar-refractivity contribution is 0.796. The lowest BCUT2D eigenvalue weighted by Gasteiger charge is -2.09. The van der Waals surface area contributed by atoms with Crippen LogP contribution in [0.5, 0.6) is 0 Å². The van der Waals surface area contributed by atoms with Gasteiger partial charge in [-0.05, 0) is 37.0 Å². The molecule has 0 heterocycles. The van der Waals surface area contributed by atoms with Crippen LogP contribution in [-0.2, 0) is 6.42 Å². The van der Waals surface area contributed by atoms with Crippen molar-refractivity contribution in [3.05, 3.63) is 28.3 Å². The van der Waals surface area contributed by atoms with E-state index in [4.69, 9.17) is 17.3 Å². The third kappa shape index (κ3) is 2.38. The number of aryl methyl sites for hydroxylation is 1. The quantitative estimate of drug-likeness (QED) is 0.737. The van der Waals surface area contributed by atoms with Crippen molar-refractivity contribution in [2.45, 2.75) is 33.1 Å². The predicted octanol–water partition coefficient (Wildman–Crippen LogP) is 3.57. The molecular weight excluding hydrogens is 182 g/mol. The lowest BCUT2D eigenvalue weighted by Crippen LogP contribution is -1.96. The number of unbranched alkanes of at least 4 members (excludes halogenated alkanes) is 1. The van der Waals surface area contributed by atoms with Crippen LogP contribution < -0.4 is 5.73 Å². The van der Waals surface area contributed by atoms with Crippen molar-refractivity contribution in [3.63, 3.8) is 0 Å². The number of hydrogen-bond donors (Lipinski definition) is 1. The van der Waals surface area contributed by atoms with Crippen LogP contribution in [-0.4, -0.2) is 0 Å². The molecule has 0 aliphatic heterocycles. The molecule has 0 saturated heterocycles. The maximum Gasteiger partial charge on any atom is 0.0487 e. The van der Waals surface area contributed by atoms with Gasteiger partial charge < -0.3 is 5.73 Å². The van der Waals surface area contributed by atoms with Crippen molar-refractivity contribution < 1.29 is 0 Å². The summed E-state index contributed by atoms with van der Waals surface area (Å²) in [6, 6.07) is 3.90. The molecule has 2 N–H and O–H groups in total. The summed E-state index contributed by atoms with van der Waals surface area (Å²) >= 11 is 6.15. The van der Waals surface area contributed by atoms with Crippen LogP contribution in [0.15, 0.2) is 12.1 Å². The van der Waals surface area contributed by atoms with E-state index in [-0.39, 0.29) is 0 Å². The Hall–Kier alpha value is -0.690. The zero-order valence-electron chi connectivity index (χ0n) is 8.23. The van der Waals surface area contributed by atoms with Crippen LogP contribution in [0, 0.1) is 6.92 Å². The maximum absolute atomic E-state index is 6.15. The van der Waals surface area contributed by atoms with E-state index >= 15 is 0 Å². The fraction of sp³-hybridized carbons (Fsp3) is 0.455. The molecule has 0 radical (unpaired) electrons. The Morgan fingerprint density at radius 2 is 2.08 bits per heavy atom. The second-order valence-corrected chi connectivity index (χ2v) is 3.75. The highest BCUT2D eigenvalue weighted by molar-refractivity contribution is 6.32. The van der Waals surface area contributed by atoms with Crippen molar-refractivity contribution in [1.82, 2.24) is 0 Å². The average Bonchev–Trinajstić information content (AvgIpc) is 2.12. The Bertz CT molecular complexity index is 294. The summed E-state index contributed by atoms with van der Waals surface area (Å²) in [6.07, 6.45) is 3.31. The van der Waals surface area contributed by atoms with Crippen molar-refractivity contribution in [3.8, 4) is 0 Å². The van der Waals surface area contributed by atoms with Gasteiger partial charge in [0, 0.05) is 10.7 Å². The maximum atomic E-state index is 6.15. The fourth-order valence-corrected chi connectivity index (χ4v) is 1.63. The summed E-state index contributed by atoms with van der Waals surface area (Å²) in [6.45, 7) is 4.18. The number of benzene rings is 1. The number of halogens is 1. The van der Waals surface area contributed by atoms with Gasteiger partial charge >= 0.3 is 0 Å². The van der Waals surface area contributed by atoms with Gasteiger partial charge in [0.1, 0.15) is 0 Å². The number of nitrogen functional groups attached to an aromatic ring is 1. The Morgan fingerprint density at radius 3 is 2.69 bits per heavy atom. The van der Waals surface area contributed by atoms with Crippen LogP contribution in [0.4, 0.5) is 5.69 Å². The molecule has 0 atom stereocenters. The minimum absolute atomic E-state index is 0.823. The lowest BCUT2D eigenvalue weighted by atomic mass is 10.0. The fourth-order valence-electron chi connectivity index (χ4n) is 1.36. The van der Waals surface area contributed by atoms with Crippen molar-refractivity contribution in [1.29, 1.82) is 0 Å². The topological polar surface area (TPSA) is 26.0 Å². The Morgan fingerprint density at radius 1 is 1.38 bits per heavy atom. The van der Waals surface area contributed by atoms with E-state index in [0.29, 0.717) is 0 Å². The minimum atomic E-state index is 0.823. The highest BCUT2D eigenvalue weighted by atomic mass is 35.5. The second kappa shape index (κ2) is 4.52. The van der Waals surface area contributed by atoms with Gasteiger partial charge in [0.25, 0.3) is 0 Å². The average molecular weight is 198 g/mol. The first-order valence-corrected chi connectivity index (χ1v) is 5.08. The van der Waals surface area contributed by atoms with Gasteiger partial charge in [-0.1, -0.05) is 31.0 Å². The van der Waals surface area contributed by atoms with Crippen LogP contribution in [0.25, 0.3) is 0 Å². The third-order valence-electron chi connectivity index (χ3n) is 2.25. The molecule has 0 spiro atoms. The van der Waals surface area contributed by atoms with E-state index in [0.717, 1.165) is 34.7 Å². The molecule has 0 bridgehead atoms. The summed E-state index contributed by atoms with van der Waals surface area (Å²) in [5, 5.41) is 0.841. The molecule has 1 rings (SSSR count). The predicted molar refractivity (Wildman–Crippen MR) is 59.2 cm³/mol. The number of rotatable bonds is 3. The van der Waals surface area contributed by atoms with Crippen LogP contribution in [0.3, 0.4) is 0 Å². The van der Waals surface area contributed by atoms with Gasteiger partial charge in [-0.3, -0.25) is 0 Å². The molecule has 2 heteroatoms. The van der Waals surface area contributed by atoms with Crippen LogP contribution in [0.2, 0.25) is 5.02 Å². The van der Waals surface area contributed by atoms with E-state index in [2.05, 4.69) is 6.92 Å². The van der Waals surface area contributed by atoms with Gasteiger partial charge in [0.15, 0.2) is 0 Å². The summed E-state index contributed by atoms with van der Waals surface area (Å²) < 4.78 is 0. The van der Waals surface area contributed by atoms with Crippen LogP contribution in [0.1, 0.15) is 30.9 Å². The molecule has 0 aliphatic rings. The van der Waals surface area contributed by atoms with Crippen molar-refractivity contribution in [2.75, 3.05) is 5.73 Å². The first kappa shape index (κ1) is 10.4. The summed E-state index contributed by atoms with van der Waals surface area (Å²) in [4.78, 5) is 0. The van der Waals surface area contributed by atoms with Gasteiger partial charge in [-0.2, -0.15) is 0 Å². The zero-order chi connectivity index (χ0) is 9.84. The molecule has 1 nitrogen and oxygen atoms in total. The van der Waals surface area contributed by atoms with Crippen molar-refractivity contribution in [2.24, 2.45) is 0 Å². The standard InChI is InChI=1S/C11H16ClN/c1-3-4-5-9-10(13)7-6-8(2)11(9)12/h6-7H,3-5,13H2,1-2H3. The SMILES string of the molecule is CCCCc1c(N)ccc(C)c1Cl. The van der Waals surface area contributed by atoms with Gasteiger partial charge in [-0.25, -0.2) is 0 Å². The molecule has 72 valence electrons. The molecule has 0 aromatic heterocycles. The smallest absolute Gasteiger partial charge is 0.0487 e. The van der Waals surface area contributed by atoms with Gasteiger partial charge in [-0.15, -0.1) is 0 Å². The Balaban J connectivity index is 2.96. The highest BCUT2D eigenvalue weighted by Crippen LogP contribution is 2.27. The third-order valence-corrected chi connectivity index (χ3v) is 2.78. The van der Waals surface area contributed by atoms with Gasteiger partial charge in [0.2, 0.25) is 0 Å². The molecule has 1 aromatic carbocycles. The summed E-state index contributed by atoms with van der Waals surface area (Å²) in [5.74, 6) is 0. The number of anilines is 1. The monoisotopic (exact) mass is 197 g/mol. The van der Waals surface area contributed by atoms with E-state index < -0.39 is 0 Å². The summed E-state index contributed by atoms with van der Waals surface area (Å²) in [5.41, 5.74) is 8.90. The number of nitrogens with two attached hydrogens (primary N) is 1. The summed E-state index contributed by atoms with van der Waals surface area (Å²) in [7, 11) is 0. The molecule has 0 saturated carbocycles. The minimum Gasteiger partial charge on any atom is -0.398 e. The Labute approximate surface area is 84.9 Å². The molecule has 0 unspecified atom stereocenters. The van der Waals surface area contributed by atoms with Gasteiger partial charge in [0.05, 0.1) is 0 Å². The Kier molecular flexibility index (Phi) is 3.61. The molecule has 0 aliphatic carbocycles. The molecule has 0 fully saturated rings. The van der Waals surface area contributed by atoms with E-state index in [1.54, 1.807) is 0 Å².